The molecule has 0 saturated heterocycles. The van der Waals surface area contributed by atoms with E-state index in [1.165, 1.54) is 20.4 Å². The molecular weight excluding hydrogens is 508 g/mol. The molecule has 0 fully saturated rings. The molecule has 0 bridgehead atoms. The maximum Gasteiger partial charge on any atom is 0.280 e. The van der Waals surface area contributed by atoms with E-state index >= 15 is 0 Å². The van der Waals surface area contributed by atoms with E-state index < -0.39 is 0 Å². The number of nitrogens with one attached hydrogen (secondary N) is 1. The molecule has 0 aromatic carbocycles. The number of anilines is 2. The van der Waals surface area contributed by atoms with Crippen molar-refractivity contribution in [1.82, 2.24) is 33.5 Å². The molecule has 5 aromatic rings. The molecule has 1 aliphatic rings. The van der Waals surface area contributed by atoms with Crippen LogP contribution in [0.25, 0.3) is 22.5 Å². The first-order chi connectivity index (χ1) is 19.1. The van der Waals surface area contributed by atoms with E-state index in [-0.39, 0.29) is 29.2 Å². The summed E-state index contributed by atoms with van der Waals surface area (Å²) in [6.07, 6.45) is 10.5. The number of nitrogens with zero attached hydrogens (tertiary/aromatic N) is 7. The van der Waals surface area contributed by atoms with Crippen LogP contribution in [0.3, 0.4) is 0 Å². The summed E-state index contributed by atoms with van der Waals surface area (Å²) in [6.45, 7) is 8.10. The molecule has 5 aromatic heterocycles. The Balaban J connectivity index is 1.44. The highest BCUT2D eigenvalue weighted by Crippen LogP contribution is 2.37. The Kier molecular flexibility index (Phi) is 5.99. The third kappa shape index (κ3) is 4.22. The van der Waals surface area contributed by atoms with Crippen molar-refractivity contribution < 1.29 is 5.11 Å². The fourth-order valence-electron chi connectivity index (χ4n) is 5.62. The molecule has 0 unspecified atom stereocenters. The monoisotopic (exact) mass is 540 g/mol. The van der Waals surface area contributed by atoms with Crippen molar-refractivity contribution >= 4 is 17.0 Å². The summed E-state index contributed by atoms with van der Waals surface area (Å²) in [5.74, 6) is 0.792. The summed E-state index contributed by atoms with van der Waals surface area (Å²) in [4.78, 5) is 31.1. The third-order valence-corrected chi connectivity index (χ3v) is 7.57. The molecule has 0 amide bonds. The fraction of sp³-hybridized carbons (Fsp3) is 0.345. The molecule has 11 nitrogen and oxygen atoms in total. The van der Waals surface area contributed by atoms with Gasteiger partial charge in [0.25, 0.3) is 11.1 Å². The van der Waals surface area contributed by atoms with Crippen LogP contribution < -0.4 is 16.4 Å². The summed E-state index contributed by atoms with van der Waals surface area (Å²) in [5.41, 5.74) is 4.80. The summed E-state index contributed by atoms with van der Waals surface area (Å²) < 4.78 is 6.63. The highest BCUT2D eigenvalue weighted by atomic mass is 16.3. The van der Waals surface area contributed by atoms with Crippen LogP contribution in [0, 0.1) is 5.41 Å². The van der Waals surface area contributed by atoms with Crippen molar-refractivity contribution in [1.29, 1.82) is 0 Å². The van der Waals surface area contributed by atoms with Gasteiger partial charge in [-0.1, -0.05) is 19.1 Å². The van der Waals surface area contributed by atoms with Gasteiger partial charge in [-0.2, -0.15) is 0 Å². The number of aliphatic hydroxyl groups is 1. The second-order valence-electron chi connectivity index (χ2n) is 11.5. The summed E-state index contributed by atoms with van der Waals surface area (Å²) in [7, 11) is 1.66. The molecule has 0 atom stereocenters. The van der Waals surface area contributed by atoms with Gasteiger partial charge in [0, 0.05) is 54.7 Å². The van der Waals surface area contributed by atoms with Gasteiger partial charge in [0.2, 0.25) is 0 Å². The van der Waals surface area contributed by atoms with Gasteiger partial charge < -0.3 is 19.4 Å². The van der Waals surface area contributed by atoms with Crippen molar-refractivity contribution in [2.45, 2.75) is 53.2 Å². The predicted molar refractivity (Wildman–Crippen MR) is 152 cm³/mol. The van der Waals surface area contributed by atoms with Crippen LogP contribution in [-0.4, -0.2) is 38.6 Å². The Labute approximate surface area is 230 Å². The van der Waals surface area contributed by atoms with E-state index in [0.717, 1.165) is 12.8 Å². The SMILES string of the molecule is CC(C)n1cc(Nc2cc(-c3ccnc(-n4ccn5c6c(cc5c4=O)CC(C)(C)C6)c3CO)cn(C)c2=O)nn1. The van der Waals surface area contributed by atoms with Gasteiger partial charge >= 0.3 is 0 Å². The lowest BCUT2D eigenvalue weighted by Crippen LogP contribution is -2.23. The molecule has 1 aliphatic carbocycles. The number of hydrogen-bond acceptors (Lipinski definition) is 7. The molecular formula is C29H32N8O3. The minimum Gasteiger partial charge on any atom is -0.392 e. The van der Waals surface area contributed by atoms with Gasteiger partial charge in [-0.15, -0.1) is 5.10 Å². The Morgan fingerprint density at radius 2 is 1.90 bits per heavy atom. The molecule has 0 aliphatic heterocycles. The maximum absolute atomic E-state index is 13.7. The smallest absolute Gasteiger partial charge is 0.280 e. The molecule has 2 N–H and O–H groups in total. The largest absolute Gasteiger partial charge is 0.392 e. The number of aliphatic hydroxyl groups excluding tert-OH is 1. The maximum atomic E-state index is 13.7. The van der Waals surface area contributed by atoms with Gasteiger partial charge in [-0.05, 0) is 61.4 Å². The minimum atomic E-state index is -0.351. The number of hydrogen-bond donors (Lipinski definition) is 2. The predicted octanol–water partition coefficient (Wildman–Crippen LogP) is 3.38. The molecule has 40 heavy (non-hydrogen) atoms. The second kappa shape index (κ2) is 9.30. The second-order valence-corrected chi connectivity index (χ2v) is 11.5. The Hall–Kier alpha value is -4.51. The van der Waals surface area contributed by atoms with E-state index in [4.69, 9.17) is 0 Å². The van der Waals surface area contributed by atoms with Crippen LogP contribution in [0.2, 0.25) is 0 Å². The van der Waals surface area contributed by atoms with Gasteiger partial charge in [-0.3, -0.25) is 14.2 Å². The first kappa shape index (κ1) is 25.8. The van der Waals surface area contributed by atoms with E-state index in [9.17, 15) is 14.7 Å². The van der Waals surface area contributed by atoms with Gasteiger partial charge in [0.15, 0.2) is 5.82 Å². The normalized spacial score (nSPS) is 14.3. The van der Waals surface area contributed by atoms with Crippen molar-refractivity contribution in [3.63, 3.8) is 0 Å². The Bertz CT molecular complexity index is 1890. The highest BCUT2D eigenvalue weighted by Gasteiger charge is 2.31. The fourth-order valence-corrected chi connectivity index (χ4v) is 5.62. The van der Waals surface area contributed by atoms with Crippen molar-refractivity contribution in [3.05, 3.63) is 86.7 Å². The van der Waals surface area contributed by atoms with Crippen LogP contribution >= 0.6 is 0 Å². The summed E-state index contributed by atoms with van der Waals surface area (Å²) in [5, 5.41) is 21.8. The van der Waals surface area contributed by atoms with Gasteiger partial charge in [0.05, 0.1) is 12.8 Å². The minimum absolute atomic E-state index is 0.127. The number of fused-ring (bicyclic) bond motifs is 3. The van der Waals surface area contributed by atoms with E-state index in [2.05, 4.69) is 34.5 Å². The van der Waals surface area contributed by atoms with Crippen LogP contribution in [-0.2, 0) is 26.5 Å². The zero-order valence-electron chi connectivity index (χ0n) is 23.2. The Morgan fingerprint density at radius 3 is 2.62 bits per heavy atom. The van der Waals surface area contributed by atoms with Crippen LogP contribution in [0.1, 0.15) is 50.6 Å². The lowest BCUT2D eigenvalue weighted by atomic mass is 9.90. The number of pyridine rings is 2. The van der Waals surface area contributed by atoms with E-state index in [1.54, 1.807) is 48.6 Å². The van der Waals surface area contributed by atoms with Crippen LogP contribution in [0.4, 0.5) is 11.5 Å². The quantitative estimate of drug-likeness (QED) is 0.338. The van der Waals surface area contributed by atoms with E-state index in [0.29, 0.717) is 39.5 Å². The van der Waals surface area contributed by atoms with Gasteiger partial charge in [0.1, 0.15) is 17.0 Å². The Morgan fingerprint density at radius 1 is 1.10 bits per heavy atom. The third-order valence-electron chi connectivity index (χ3n) is 7.57. The van der Waals surface area contributed by atoms with Crippen molar-refractivity contribution in [2.75, 3.05) is 5.32 Å². The molecule has 0 radical (unpaired) electrons. The average molecular weight is 541 g/mol. The lowest BCUT2D eigenvalue weighted by Gasteiger charge is -2.17. The van der Waals surface area contributed by atoms with Crippen molar-refractivity contribution in [3.8, 4) is 16.9 Å². The number of aromatic nitrogens is 7. The lowest BCUT2D eigenvalue weighted by molar-refractivity contribution is 0.281. The van der Waals surface area contributed by atoms with Crippen LogP contribution in [0.15, 0.2) is 58.8 Å². The highest BCUT2D eigenvalue weighted by molar-refractivity contribution is 5.73. The van der Waals surface area contributed by atoms with Crippen LogP contribution in [0.5, 0.6) is 0 Å². The molecule has 0 saturated carbocycles. The van der Waals surface area contributed by atoms with E-state index in [1.807, 2.05) is 30.5 Å². The standard InChI is InChI=1S/C29H32N8O3/c1-17(2)37-15-25(32-33-37)31-22-10-19(14-34(5)27(22)39)20-6-7-30-26(21(20)16-38)36-9-8-35-23(28(36)40)11-18-12-29(3,4)13-24(18)35/h6-11,14-15,17,31,38H,12-13,16H2,1-5H3. The first-order valence-corrected chi connectivity index (χ1v) is 13.3. The molecule has 6 rings (SSSR count). The van der Waals surface area contributed by atoms with Crippen molar-refractivity contribution in [2.24, 2.45) is 12.5 Å². The van der Waals surface area contributed by atoms with Gasteiger partial charge in [-0.25, -0.2) is 9.67 Å². The molecule has 0 spiro atoms. The topological polar surface area (TPSA) is 124 Å². The summed E-state index contributed by atoms with van der Waals surface area (Å²) >= 11 is 0. The average Bonchev–Trinajstić information content (AvgIpc) is 3.59. The number of rotatable bonds is 6. The zero-order chi connectivity index (χ0) is 28.3. The molecule has 5 heterocycles. The summed E-state index contributed by atoms with van der Waals surface area (Å²) in [6, 6.07) is 5.58. The molecule has 11 heteroatoms. The number of aryl methyl sites for hydroxylation is 1. The molecule has 206 valence electrons. The zero-order valence-corrected chi connectivity index (χ0v) is 23.2. The first-order valence-electron chi connectivity index (χ1n) is 13.3.